The van der Waals surface area contributed by atoms with E-state index in [9.17, 15) is 19.7 Å². The molecule has 0 spiro atoms. The molecule has 36 heavy (non-hydrogen) atoms. The summed E-state index contributed by atoms with van der Waals surface area (Å²) in [6.45, 7) is -0.765. The van der Waals surface area contributed by atoms with E-state index < -0.39 is 67.4 Å². The van der Waals surface area contributed by atoms with Crippen LogP contribution in [0.25, 0.3) is 11.2 Å². The van der Waals surface area contributed by atoms with E-state index in [0.717, 1.165) is 11.6 Å². The van der Waals surface area contributed by atoms with Gasteiger partial charge in [-0.1, -0.05) is 36.0 Å². The molecule has 2 fully saturated rings. The van der Waals surface area contributed by atoms with E-state index in [1.54, 1.807) is 19.1 Å². The Balaban J connectivity index is 1.52. The first-order valence-electron chi connectivity index (χ1n) is 14.9. The molecular formula is C24H31FN6O4S. The third-order valence-corrected chi connectivity index (χ3v) is 6.99. The Morgan fingerprint density at radius 1 is 1.31 bits per heavy atom. The van der Waals surface area contributed by atoms with Crippen molar-refractivity contribution in [3.8, 4) is 0 Å². The molecule has 1 aromatic carbocycles. The molecule has 3 aromatic rings. The van der Waals surface area contributed by atoms with E-state index in [0.29, 0.717) is 22.9 Å². The van der Waals surface area contributed by atoms with Crippen molar-refractivity contribution in [1.82, 2.24) is 25.0 Å². The van der Waals surface area contributed by atoms with E-state index in [1.165, 1.54) is 6.07 Å². The second-order valence-corrected chi connectivity index (χ2v) is 9.45. The number of nitrogens with zero attached hydrogens (tertiary/aromatic N) is 5. The summed E-state index contributed by atoms with van der Waals surface area (Å²) in [4.78, 5) is 8.69. The van der Waals surface area contributed by atoms with Crippen LogP contribution in [0.4, 0.5) is 10.2 Å². The number of aryl methyl sites for hydroxylation is 1. The molecule has 0 saturated heterocycles. The van der Waals surface area contributed by atoms with Crippen LogP contribution in [0.1, 0.15) is 58.8 Å². The third kappa shape index (κ3) is 4.92. The molecule has 0 unspecified atom stereocenters. The Kier molecular flexibility index (Phi) is 5.26. The van der Waals surface area contributed by atoms with Crippen LogP contribution >= 0.6 is 11.8 Å². The minimum Gasteiger partial charge on any atom is -0.394 e. The topological polar surface area (TPSA) is 138 Å². The number of rotatable bonds is 10. The minimum absolute atomic E-state index is 0.0197. The monoisotopic (exact) mass is 525 g/mol. The highest BCUT2D eigenvalue weighted by molar-refractivity contribution is 7.99. The molecule has 0 aliphatic heterocycles. The average molecular weight is 526 g/mol. The van der Waals surface area contributed by atoms with Crippen molar-refractivity contribution in [2.75, 3.05) is 24.2 Å². The van der Waals surface area contributed by atoms with E-state index in [-0.39, 0.29) is 35.0 Å². The number of hydrogen-bond donors (Lipinski definition) is 4. The molecule has 2 aliphatic rings. The van der Waals surface area contributed by atoms with Crippen LogP contribution in [-0.4, -0.2) is 83.5 Å². The number of thioether (sulfide) groups is 1. The number of aliphatic hydroxyl groups excluding tert-OH is 3. The quantitative estimate of drug-likeness (QED) is 0.230. The molecule has 10 nitrogen and oxygen atoms in total. The lowest BCUT2D eigenvalue weighted by molar-refractivity contribution is -0.0629. The minimum atomic E-state index is -2.49. The standard InChI is InChI=1S/C24H31FN6O4S/c1-3-8-36-24-27-22(26-16-10-14(16)13-5-4-12(2)15(25)9-13)19-23(28-24)31(30-29-19)17-11-18(35-7-6-32)21(34)20(17)33/h4-5,9,14,16-18,20-21,32-34H,3,6-8,10-11H2,1-2H3,(H,26,27,28)/t14-,16+,17+,18-,20-,21+/m0/s1/i3D2,7D2,8D2,16D. The van der Waals surface area contributed by atoms with Crippen LogP contribution in [0.15, 0.2) is 23.4 Å². The molecule has 4 N–H and O–H groups in total. The van der Waals surface area contributed by atoms with Crippen LogP contribution in [0, 0.1) is 12.7 Å². The van der Waals surface area contributed by atoms with Gasteiger partial charge in [0.15, 0.2) is 22.1 Å². The third-order valence-electron chi connectivity index (χ3n) is 6.32. The summed E-state index contributed by atoms with van der Waals surface area (Å²) in [6.07, 6.45) is -6.48. The molecule has 2 heterocycles. The van der Waals surface area contributed by atoms with Crippen LogP contribution < -0.4 is 5.32 Å². The van der Waals surface area contributed by atoms with Gasteiger partial charge in [0, 0.05) is 29.5 Å². The predicted molar refractivity (Wildman–Crippen MR) is 133 cm³/mol. The number of hydrogen-bond acceptors (Lipinski definition) is 10. The zero-order valence-corrected chi connectivity index (χ0v) is 20.3. The number of halogens is 1. The largest absolute Gasteiger partial charge is 0.394 e. The number of nitrogens with one attached hydrogen (secondary N) is 1. The second-order valence-electron chi connectivity index (χ2n) is 8.67. The van der Waals surface area contributed by atoms with Gasteiger partial charge in [0.05, 0.1) is 29.4 Å². The number of fused-ring (bicyclic) bond motifs is 1. The van der Waals surface area contributed by atoms with Gasteiger partial charge in [0.25, 0.3) is 0 Å². The summed E-state index contributed by atoms with van der Waals surface area (Å²) in [7, 11) is 0. The van der Waals surface area contributed by atoms with E-state index >= 15 is 0 Å². The van der Waals surface area contributed by atoms with Crippen molar-refractivity contribution in [3.63, 3.8) is 0 Å². The Morgan fingerprint density at radius 3 is 2.89 bits per heavy atom. The van der Waals surface area contributed by atoms with E-state index in [4.69, 9.17) is 14.3 Å². The highest BCUT2D eigenvalue weighted by Crippen LogP contribution is 2.44. The number of aliphatic hydroxyl groups is 3. The number of benzene rings is 1. The molecule has 6 atom stereocenters. The Morgan fingerprint density at radius 2 is 2.14 bits per heavy atom. The summed E-state index contributed by atoms with van der Waals surface area (Å²) in [5.41, 5.74) is -1.42. The van der Waals surface area contributed by atoms with Gasteiger partial charge < -0.3 is 25.4 Å². The lowest BCUT2D eigenvalue weighted by Gasteiger charge is -2.17. The predicted octanol–water partition coefficient (Wildman–Crippen LogP) is 2.18. The van der Waals surface area contributed by atoms with Gasteiger partial charge >= 0.3 is 0 Å². The summed E-state index contributed by atoms with van der Waals surface area (Å²) < 4.78 is 77.2. The lowest BCUT2D eigenvalue weighted by atomic mass is 10.1. The maximum absolute atomic E-state index is 14.2. The summed E-state index contributed by atoms with van der Waals surface area (Å²) in [5.74, 6) is -0.837. The summed E-state index contributed by atoms with van der Waals surface area (Å²) in [6, 6.07) is 2.34. The van der Waals surface area contributed by atoms with Gasteiger partial charge in [-0.05, 0) is 36.9 Å². The second kappa shape index (κ2) is 10.5. The molecular weight excluding hydrogens is 487 g/mol. The van der Waals surface area contributed by atoms with Gasteiger partial charge in [-0.25, -0.2) is 19.0 Å². The fraction of sp³-hybridized carbons (Fsp3) is 0.583. The fourth-order valence-electron chi connectivity index (χ4n) is 4.33. The van der Waals surface area contributed by atoms with Gasteiger partial charge in [0.1, 0.15) is 18.0 Å². The Bertz CT molecular complexity index is 1530. The maximum atomic E-state index is 14.2. The van der Waals surface area contributed by atoms with Crippen molar-refractivity contribution in [2.45, 2.75) is 74.5 Å². The van der Waals surface area contributed by atoms with Crippen LogP contribution in [0.5, 0.6) is 0 Å². The highest BCUT2D eigenvalue weighted by atomic mass is 32.2. The van der Waals surface area contributed by atoms with Gasteiger partial charge in [0.2, 0.25) is 0 Å². The van der Waals surface area contributed by atoms with Gasteiger partial charge in [-0.15, -0.1) is 5.10 Å². The Hall–Kier alpha value is -2.38. The molecule has 5 rings (SSSR count). The zero-order chi connectivity index (χ0) is 31.7. The molecule has 12 heteroatoms. The van der Waals surface area contributed by atoms with Gasteiger partial charge in [-0.3, -0.25) is 0 Å². The number of ether oxygens (including phenoxy) is 1. The van der Waals surface area contributed by atoms with E-state index in [2.05, 4.69) is 25.6 Å². The van der Waals surface area contributed by atoms with Crippen LogP contribution in [0.2, 0.25) is 0 Å². The Labute approximate surface area is 222 Å². The van der Waals surface area contributed by atoms with Crippen molar-refractivity contribution in [1.29, 1.82) is 0 Å². The molecule has 2 aromatic heterocycles. The molecule has 194 valence electrons. The SMILES string of the molecule is [2H]C([2H])(CO)O[C@H]1C[C@@H](n2nnc3c(N[C@]4([2H])C[C@H]4c4ccc(C)c(F)c4)nc(SC([2H])([2H])C([2H])([2H])C)nc32)[C@H](O)[C@@H]1O. The van der Waals surface area contributed by atoms with Gasteiger partial charge in [-0.2, -0.15) is 0 Å². The zero-order valence-electron chi connectivity index (χ0n) is 26.5. The highest BCUT2D eigenvalue weighted by Gasteiger charge is 2.45. The molecule has 2 aliphatic carbocycles. The smallest absolute Gasteiger partial charge is 0.191 e. The number of anilines is 1. The molecule has 0 bridgehead atoms. The lowest BCUT2D eigenvalue weighted by Crippen LogP contribution is -2.33. The average Bonchev–Trinajstić information content (AvgIpc) is 3.25. The normalized spacial score (nSPS) is 33.7. The first-order valence-corrected chi connectivity index (χ1v) is 12.2. The molecule has 0 radical (unpaired) electrons. The fourth-order valence-corrected chi connectivity index (χ4v) is 4.79. The van der Waals surface area contributed by atoms with Crippen molar-refractivity contribution in [3.05, 3.63) is 35.1 Å². The van der Waals surface area contributed by atoms with Crippen molar-refractivity contribution < 1.29 is 34.0 Å². The summed E-state index contributed by atoms with van der Waals surface area (Å²) >= 11 is 0.399. The maximum Gasteiger partial charge on any atom is 0.191 e. The first-order chi connectivity index (χ1) is 19.9. The van der Waals surface area contributed by atoms with Crippen LogP contribution in [0.3, 0.4) is 0 Å². The first kappa shape index (κ1) is 18.0. The number of aromatic nitrogens is 5. The molecule has 0 amide bonds. The van der Waals surface area contributed by atoms with Crippen LogP contribution in [-0.2, 0) is 4.74 Å². The summed E-state index contributed by atoms with van der Waals surface area (Å²) in [5, 5.41) is 41.6. The molecule has 2 saturated carbocycles. The van der Waals surface area contributed by atoms with Crippen molar-refractivity contribution in [2.24, 2.45) is 0 Å². The van der Waals surface area contributed by atoms with Crippen molar-refractivity contribution >= 4 is 28.7 Å². The van der Waals surface area contributed by atoms with E-state index in [1.807, 2.05) is 0 Å².